The highest BCUT2D eigenvalue weighted by Crippen LogP contribution is 2.34. The molecule has 128 valence electrons. The lowest BCUT2D eigenvalue weighted by Gasteiger charge is -2.15. The number of para-hydroxylation sites is 1. The summed E-state index contributed by atoms with van der Waals surface area (Å²) < 4.78 is 2.15. The number of aryl methyl sites for hydroxylation is 3. The van der Waals surface area contributed by atoms with Crippen molar-refractivity contribution in [1.82, 2.24) is 0 Å². The highest BCUT2D eigenvalue weighted by atomic mass is 14.9. The quantitative estimate of drug-likeness (QED) is 0.481. The lowest BCUT2D eigenvalue weighted by Crippen LogP contribution is -2.34. The average molecular weight is 340 g/mol. The van der Waals surface area contributed by atoms with Crippen LogP contribution in [0.25, 0.3) is 27.0 Å². The molecule has 0 amide bonds. The summed E-state index contributed by atoms with van der Waals surface area (Å²) in [5.74, 6) is 0. The summed E-state index contributed by atoms with van der Waals surface area (Å²) in [7, 11) is 2.04. The fraction of sp³-hybridized carbons (Fsp3) is 0.261. The Morgan fingerprint density at radius 1 is 1.12 bits per heavy atom. The van der Waals surface area contributed by atoms with Gasteiger partial charge < -0.3 is 0 Å². The molecule has 1 unspecified atom stereocenters. The number of pyridine rings is 1. The van der Waals surface area contributed by atoms with Gasteiger partial charge in [0.1, 0.15) is 7.05 Å². The summed E-state index contributed by atoms with van der Waals surface area (Å²) in [6.45, 7) is 15.6. The molecule has 0 aliphatic rings. The van der Waals surface area contributed by atoms with Crippen LogP contribution in [0.2, 0.25) is 0 Å². The van der Waals surface area contributed by atoms with Gasteiger partial charge in [0, 0.05) is 24.6 Å². The number of nitrogens with zero attached hydrogens (tertiary/aromatic N) is 3. The normalized spacial score (nSPS) is 13.0. The number of rotatable bonds is 2. The van der Waals surface area contributed by atoms with Crippen LogP contribution in [0.1, 0.15) is 29.2 Å². The minimum atomic E-state index is -1.21. The molecule has 1 heterocycles. The highest BCUT2D eigenvalue weighted by Gasteiger charge is 2.37. The lowest BCUT2D eigenvalue weighted by molar-refractivity contribution is -0.633. The van der Waals surface area contributed by atoms with E-state index in [0.29, 0.717) is 0 Å². The molecule has 0 bridgehead atoms. The Hall–Kier alpha value is -3.17. The third-order valence-electron chi connectivity index (χ3n) is 5.25. The van der Waals surface area contributed by atoms with E-state index in [4.69, 9.17) is 6.57 Å². The molecule has 1 aromatic heterocycles. The Labute approximate surface area is 155 Å². The van der Waals surface area contributed by atoms with Gasteiger partial charge in [-0.25, -0.2) is 6.57 Å². The van der Waals surface area contributed by atoms with Gasteiger partial charge in [-0.1, -0.05) is 23.8 Å². The van der Waals surface area contributed by atoms with Gasteiger partial charge in [-0.15, -0.1) is 0 Å². The summed E-state index contributed by atoms with van der Waals surface area (Å²) in [4.78, 5) is 3.66. The summed E-state index contributed by atoms with van der Waals surface area (Å²) in [6, 6.07) is 16.6. The Kier molecular flexibility index (Phi) is 4.26. The van der Waals surface area contributed by atoms with E-state index in [9.17, 15) is 5.26 Å². The topological polar surface area (TPSA) is 32.0 Å². The molecule has 3 aromatic rings. The van der Waals surface area contributed by atoms with E-state index in [1.165, 1.54) is 16.7 Å². The second-order valence-corrected chi connectivity index (χ2v) is 7.07. The number of hydrogen-bond donors (Lipinski definition) is 0. The zero-order chi connectivity index (χ0) is 19.1. The minimum Gasteiger partial charge on any atom is -0.289 e. The molecule has 3 nitrogen and oxygen atoms in total. The first-order chi connectivity index (χ1) is 12.3. The predicted molar refractivity (Wildman–Crippen MR) is 104 cm³/mol. The van der Waals surface area contributed by atoms with Crippen molar-refractivity contribution in [2.45, 2.75) is 33.2 Å². The van der Waals surface area contributed by atoms with Crippen molar-refractivity contribution < 1.29 is 4.57 Å². The van der Waals surface area contributed by atoms with E-state index in [2.05, 4.69) is 48.4 Å². The summed E-state index contributed by atoms with van der Waals surface area (Å²) in [5.41, 5.74) is 6.38. The first kappa shape index (κ1) is 17.6. The molecule has 0 aliphatic carbocycles. The summed E-state index contributed by atoms with van der Waals surface area (Å²) >= 11 is 0. The molecule has 0 fully saturated rings. The van der Waals surface area contributed by atoms with Gasteiger partial charge in [0.25, 0.3) is 0 Å². The first-order valence-corrected chi connectivity index (χ1v) is 8.62. The van der Waals surface area contributed by atoms with Crippen molar-refractivity contribution >= 4 is 10.9 Å². The largest absolute Gasteiger partial charge is 0.339 e. The van der Waals surface area contributed by atoms with Crippen LogP contribution in [0.4, 0.5) is 0 Å². The smallest absolute Gasteiger partial charge is 0.289 e. The average Bonchev–Trinajstić information content (AvgIpc) is 2.65. The van der Waals surface area contributed by atoms with Gasteiger partial charge >= 0.3 is 5.54 Å². The van der Waals surface area contributed by atoms with Gasteiger partial charge in [0.2, 0.25) is 11.2 Å². The van der Waals surface area contributed by atoms with Crippen LogP contribution < -0.4 is 4.57 Å². The zero-order valence-corrected chi connectivity index (χ0v) is 15.9. The molecule has 0 saturated carbocycles. The van der Waals surface area contributed by atoms with Crippen LogP contribution in [-0.2, 0) is 12.6 Å². The van der Waals surface area contributed by atoms with E-state index in [1.54, 1.807) is 6.92 Å². The van der Waals surface area contributed by atoms with Crippen molar-refractivity contribution in [3.05, 3.63) is 76.1 Å². The molecule has 1 atom stereocenters. The third-order valence-corrected chi connectivity index (χ3v) is 5.25. The molecule has 0 N–H and O–H groups in total. The monoisotopic (exact) mass is 340 g/mol. The molecule has 0 spiro atoms. The standard InChI is InChI=1S/C23H22N3/c1-15-11-16(2)17(3)19(12-15)22-13-20(23(4,14-24)25-5)18-9-7-8-10-21(18)26(22)6/h7-13H,1-4,6H3/q+1. The fourth-order valence-electron chi connectivity index (χ4n) is 3.55. The maximum absolute atomic E-state index is 9.70. The second-order valence-electron chi connectivity index (χ2n) is 7.07. The van der Waals surface area contributed by atoms with Crippen LogP contribution in [-0.4, -0.2) is 0 Å². The maximum Gasteiger partial charge on any atom is 0.339 e. The zero-order valence-electron chi connectivity index (χ0n) is 15.9. The number of hydrogen-bond acceptors (Lipinski definition) is 1. The van der Waals surface area contributed by atoms with Gasteiger partial charge in [-0.05, 0) is 44.0 Å². The Balaban J connectivity index is 2.49. The molecule has 3 heteroatoms. The van der Waals surface area contributed by atoms with Crippen molar-refractivity contribution in [3.63, 3.8) is 0 Å². The van der Waals surface area contributed by atoms with Crippen molar-refractivity contribution in [1.29, 1.82) is 5.26 Å². The molecule has 2 aromatic carbocycles. The number of aromatic nitrogens is 1. The van der Waals surface area contributed by atoms with Crippen molar-refractivity contribution in [2.24, 2.45) is 7.05 Å². The van der Waals surface area contributed by atoms with Crippen LogP contribution in [0, 0.1) is 38.7 Å². The van der Waals surface area contributed by atoms with E-state index < -0.39 is 5.54 Å². The van der Waals surface area contributed by atoms with Crippen LogP contribution >= 0.6 is 0 Å². The molecular weight excluding hydrogens is 318 g/mol. The second kappa shape index (κ2) is 6.28. The lowest BCUT2D eigenvalue weighted by atomic mass is 9.88. The molecule has 26 heavy (non-hydrogen) atoms. The first-order valence-electron chi connectivity index (χ1n) is 8.62. The number of nitriles is 1. The Morgan fingerprint density at radius 2 is 1.81 bits per heavy atom. The van der Waals surface area contributed by atoms with E-state index >= 15 is 0 Å². The Morgan fingerprint density at radius 3 is 2.46 bits per heavy atom. The SMILES string of the molecule is [C-]#[N+]C(C)(C#N)c1cc(-c2cc(C)cc(C)c2C)[n+](C)c2ccccc12. The molecule has 0 aliphatic heterocycles. The number of fused-ring (bicyclic) bond motifs is 1. The number of benzene rings is 2. The van der Waals surface area contributed by atoms with Crippen molar-refractivity contribution in [2.75, 3.05) is 0 Å². The van der Waals surface area contributed by atoms with Gasteiger partial charge in [0.15, 0.2) is 6.07 Å². The maximum atomic E-state index is 9.70. The van der Waals surface area contributed by atoms with Crippen LogP contribution in [0.5, 0.6) is 0 Å². The molecule has 0 saturated heterocycles. The van der Waals surface area contributed by atoms with Gasteiger partial charge in [-0.2, -0.15) is 9.83 Å². The third kappa shape index (κ3) is 2.63. The van der Waals surface area contributed by atoms with E-state index in [-0.39, 0.29) is 0 Å². The molecule has 3 rings (SSSR count). The van der Waals surface area contributed by atoms with E-state index in [1.807, 2.05) is 37.4 Å². The minimum absolute atomic E-state index is 0.761. The molecule has 0 radical (unpaired) electrons. The van der Waals surface area contributed by atoms with Crippen LogP contribution in [0.15, 0.2) is 42.5 Å². The van der Waals surface area contributed by atoms with E-state index in [0.717, 1.165) is 27.7 Å². The summed E-state index contributed by atoms with van der Waals surface area (Å²) in [5, 5.41) is 10.6. The Bertz CT molecular complexity index is 1100. The summed E-state index contributed by atoms with van der Waals surface area (Å²) in [6.07, 6.45) is 0. The molecular formula is C23H22N3+. The predicted octanol–water partition coefficient (Wildman–Crippen LogP) is 4.91. The van der Waals surface area contributed by atoms with Crippen LogP contribution in [0.3, 0.4) is 0 Å². The van der Waals surface area contributed by atoms with Gasteiger partial charge in [-0.3, -0.25) is 4.85 Å². The highest BCUT2D eigenvalue weighted by molar-refractivity contribution is 5.84. The van der Waals surface area contributed by atoms with Crippen molar-refractivity contribution in [3.8, 4) is 17.3 Å². The fourth-order valence-corrected chi connectivity index (χ4v) is 3.55. The van der Waals surface area contributed by atoms with Gasteiger partial charge in [0.05, 0.1) is 10.9 Å².